The first-order valence-electron chi connectivity index (χ1n) is 10.2. The van der Waals surface area contributed by atoms with Crippen LogP contribution in [-0.2, 0) is 6.54 Å². The standard InChI is InChI=1S/C22H20N6O3S/c1-27-6-8-28(9-7-27)16-3-2-13(10-24-16)11-25-21(31)22-26-17-18(29)15-12-23-5-4-14(15)19(30)20(17)32-22/h2-5,10,12H,6-9,11H2,1H3,(H,25,31). The van der Waals surface area contributed by atoms with Crippen molar-refractivity contribution < 1.29 is 14.4 Å². The van der Waals surface area contributed by atoms with Crippen LogP contribution >= 0.6 is 11.3 Å². The zero-order valence-electron chi connectivity index (χ0n) is 17.4. The fourth-order valence-corrected chi connectivity index (χ4v) is 4.68. The predicted molar refractivity (Wildman–Crippen MR) is 118 cm³/mol. The van der Waals surface area contributed by atoms with Gasteiger partial charge in [-0.2, -0.15) is 0 Å². The maximum absolute atomic E-state index is 12.7. The molecule has 1 aliphatic heterocycles. The van der Waals surface area contributed by atoms with Crippen molar-refractivity contribution in [1.29, 1.82) is 0 Å². The van der Waals surface area contributed by atoms with Gasteiger partial charge in [0.15, 0.2) is 5.01 Å². The van der Waals surface area contributed by atoms with Gasteiger partial charge >= 0.3 is 0 Å². The first-order chi connectivity index (χ1) is 15.5. The zero-order valence-corrected chi connectivity index (χ0v) is 18.2. The molecule has 0 saturated carbocycles. The number of carbonyl (C=O) groups excluding carboxylic acids is 3. The monoisotopic (exact) mass is 448 g/mol. The smallest absolute Gasteiger partial charge is 0.280 e. The molecule has 9 nitrogen and oxygen atoms in total. The molecular weight excluding hydrogens is 428 g/mol. The normalized spacial score (nSPS) is 16.0. The molecule has 4 heterocycles. The van der Waals surface area contributed by atoms with E-state index in [0.29, 0.717) is 5.56 Å². The van der Waals surface area contributed by atoms with E-state index in [9.17, 15) is 14.4 Å². The number of fused-ring (bicyclic) bond motifs is 2. The Bertz CT molecular complexity index is 1160. The fraction of sp³-hybridized carbons (Fsp3) is 0.273. The summed E-state index contributed by atoms with van der Waals surface area (Å²) in [6.45, 7) is 4.15. The highest BCUT2D eigenvalue weighted by Gasteiger charge is 2.34. The zero-order chi connectivity index (χ0) is 22.2. The molecule has 0 radical (unpaired) electrons. The maximum atomic E-state index is 12.7. The summed E-state index contributed by atoms with van der Waals surface area (Å²) in [7, 11) is 2.11. The average molecular weight is 449 g/mol. The Morgan fingerprint density at radius 2 is 1.88 bits per heavy atom. The summed E-state index contributed by atoms with van der Waals surface area (Å²) in [5.74, 6) is -0.207. The number of piperazine rings is 1. The molecule has 1 saturated heterocycles. The predicted octanol–water partition coefficient (Wildman–Crippen LogP) is 1.39. The van der Waals surface area contributed by atoms with Crippen LogP contribution in [0.1, 0.15) is 46.7 Å². The van der Waals surface area contributed by atoms with E-state index in [0.717, 1.165) is 48.9 Å². The van der Waals surface area contributed by atoms with Gasteiger partial charge in [-0.25, -0.2) is 9.97 Å². The minimum Gasteiger partial charge on any atom is -0.354 e. The van der Waals surface area contributed by atoms with Crippen molar-refractivity contribution in [3.05, 3.63) is 69.1 Å². The number of rotatable bonds is 4. The molecule has 1 fully saturated rings. The first-order valence-corrected chi connectivity index (χ1v) is 11.0. The van der Waals surface area contributed by atoms with E-state index >= 15 is 0 Å². The Hall–Kier alpha value is -3.50. The number of carbonyl (C=O) groups is 3. The minimum absolute atomic E-state index is 0.0175. The summed E-state index contributed by atoms with van der Waals surface area (Å²) in [4.78, 5) is 55.3. The second kappa shape index (κ2) is 8.21. The number of amides is 1. The van der Waals surface area contributed by atoms with Gasteiger partial charge in [-0.15, -0.1) is 11.3 Å². The quantitative estimate of drug-likeness (QED) is 0.499. The third kappa shape index (κ3) is 3.67. The van der Waals surface area contributed by atoms with Crippen molar-refractivity contribution in [2.75, 3.05) is 38.1 Å². The number of hydrogen-bond donors (Lipinski definition) is 1. The van der Waals surface area contributed by atoms with E-state index in [1.807, 2.05) is 12.1 Å². The number of anilines is 1. The Balaban J connectivity index is 1.26. The van der Waals surface area contributed by atoms with Gasteiger partial charge in [0, 0.05) is 56.9 Å². The lowest BCUT2D eigenvalue weighted by Crippen LogP contribution is -2.44. The fourth-order valence-electron chi connectivity index (χ4n) is 3.75. The van der Waals surface area contributed by atoms with E-state index in [2.05, 4.69) is 37.1 Å². The molecular formula is C22H20N6O3S. The van der Waals surface area contributed by atoms with E-state index in [-0.39, 0.29) is 39.3 Å². The number of nitrogens with zero attached hydrogens (tertiary/aromatic N) is 5. The van der Waals surface area contributed by atoms with Crippen LogP contribution in [0.5, 0.6) is 0 Å². The summed E-state index contributed by atoms with van der Waals surface area (Å²) in [5.41, 5.74) is 1.38. The van der Waals surface area contributed by atoms with Crippen molar-refractivity contribution in [3.8, 4) is 0 Å². The van der Waals surface area contributed by atoms with Crippen LogP contribution < -0.4 is 10.2 Å². The van der Waals surface area contributed by atoms with Crippen LogP contribution in [0.3, 0.4) is 0 Å². The number of likely N-dealkylation sites (N-methyl/N-ethyl adjacent to an activating group) is 1. The number of nitrogens with one attached hydrogen (secondary N) is 1. The summed E-state index contributed by atoms with van der Waals surface area (Å²) in [6, 6.07) is 5.40. The molecule has 0 atom stereocenters. The Kier molecular flexibility index (Phi) is 5.24. The number of pyridine rings is 2. The summed E-state index contributed by atoms with van der Waals surface area (Å²) in [6.07, 6.45) is 4.57. The van der Waals surface area contributed by atoms with Gasteiger partial charge in [0.2, 0.25) is 11.6 Å². The lowest BCUT2D eigenvalue weighted by molar-refractivity contribution is 0.0949. The van der Waals surface area contributed by atoms with E-state index in [4.69, 9.17) is 0 Å². The average Bonchev–Trinajstić information content (AvgIpc) is 3.28. The molecule has 1 aliphatic carbocycles. The molecule has 3 aromatic rings. The lowest BCUT2D eigenvalue weighted by Gasteiger charge is -2.33. The molecule has 5 rings (SSSR count). The number of hydrogen-bond acceptors (Lipinski definition) is 9. The molecule has 32 heavy (non-hydrogen) atoms. The second-order valence-corrected chi connectivity index (χ2v) is 8.77. The third-order valence-corrected chi connectivity index (χ3v) is 6.70. The summed E-state index contributed by atoms with van der Waals surface area (Å²) < 4.78 is 0. The Labute approximate surface area is 188 Å². The highest BCUT2D eigenvalue weighted by molar-refractivity contribution is 7.16. The van der Waals surface area contributed by atoms with Gasteiger partial charge < -0.3 is 15.1 Å². The topological polar surface area (TPSA) is 108 Å². The molecule has 10 heteroatoms. The van der Waals surface area contributed by atoms with Gasteiger partial charge in [0.1, 0.15) is 16.4 Å². The third-order valence-electron chi connectivity index (χ3n) is 5.64. The van der Waals surface area contributed by atoms with Crippen molar-refractivity contribution in [3.63, 3.8) is 0 Å². The van der Waals surface area contributed by atoms with Crippen molar-refractivity contribution in [2.24, 2.45) is 0 Å². The van der Waals surface area contributed by atoms with E-state index in [1.165, 1.54) is 18.5 Å². The van der Waals surface area contributed by atoms with E-state index < -0.39 is 5.91 Å². The van der Waals surface area contributed by atoms with Crippen LogP contribution in [0.2, 0.25) is 0 Å². The molecule has 0 unspecified atom stereocenters. The van der Waals surface area contributed by atoms with E-state index in [1.54, 1.807) is 6.20 Å². The molecule has 0 spiro atoms. The van der Waals surface area contributed by atoms with Crippen LogP contribution in [0.15, 0.2) is 36.8 Å². The highest BCUT2D eigenvalue weighted by atomic mass is 32.1. The Morgan fingerprint density at radius 3 is 2.62 bits per heavy atom. The highest BCUT2D eigenvalue weighted by Crippen LogP contribution is 2.30. The number of aromatic nitrogens is 3. The molecule has 0 bridgehead atoms. The maximum Gasteiger partial charge on any atom is 0.280 e. The second-order valence-electron chi connectivity index (χ2n) is 7.77. The molecule has 1 N–H and O–H groups in total. The van der Waals surface area contributed by atoms with Crippen LogP contribution in [0, 0.1) is 0 Å². The van der Waals surface area contributed by atoms with Crippen LogP contribution in [-0.4, -0.2) is 70.6 Å². The minimum atomic E-state index is -0.435. The SMILES string of the molecule is CN1CCN(c2ccc(CNC(=O)c3nc4c(s3)C(=O)c3ccncc3C4=O)cn2)CC1. The van der Waals surface area contributed by atoms with Crippen molar-refractivity contribution in [2.45, 2.75) is 6.54 Å². The van der Waals surface area contributed by atoms with Gasteiger partial charge in [-0.05, 0) is 24.7 Å². The summed E-state index contributed by atoms with van der Waals surface area (Å²) in [5, 5.41) is 2.88. The van der Waals surface area contributed by atoms with Gasteiger partial charge in [0.25, 0.3) is 5.91 Å². The van der Waals surface area contributed by atoms with Crippen molar-refractivity contribution >= 4 is 34.6 Å². The molecule has 2 aliphatic rings. The molecule has 162 valence electrons. The first kappa shape index (κ1) is 20.4. The van der Waals surface area contributed by atoms with Gasteiger partial charge in [-0.3, -0.25) is 19.4 Å². The molecule has 3 aromatic heterocycles. The van der Waals surface area contributed by atoms with Gasteiger partial charge in [0.05, 0.1) is 5.56 Å². The number of ketones is 2. The summed E-state index contributed by atoms with van der Waals surface area (Å²) >= 11 is 0.935. The van der Waals surface area contributed by atoms with Gasteiger partial charge in [-0.1, -0.05) is 6.07 Å². The molecule has 0 aromatic carbocycles. The number of thiazole rings is 1. The molecule has 1 amide bonds. The lowest BCUT2D eigenvalue weighted by atomic mass is 9.93. The van der Waals surface area contributed by atoms with Crippen LogP contribution in [0.25, 0.3) is 0 Å². The largest absolute Gasteiger partial charge is 0.354 e. The van der Waals surface area contributed by atoms with Crippen LogP contribution in [0.4, 0.5) is 5.82 Å². The van der Waals surface area contributed by atoms with Crippen molar-refractivity contribution in [1.82, 2.24) is 25.2 Å². The Morgan fingerprint density at radius 1 is 1.06 bits per heavy atom.